The number of ether oxygens (including phenoxy) is 3. The fourth-order valence-corrected chi connectivity index (χ4v) is 4.38. The average Bonchev–Trinajstić information content (AvgIpc) is 2.80. The Kier molecular flexibility index (Phi) is 7.12. The molecular weight excluding hydrogens is 431 g/mol. The molecule has 2 fully saturated rings. The molecule has 0 radical (unpaired) electrons. The van der Waals surface area contributed by atoms with E-state index in [1.165, 1.54) is 12.1 Å². The van der Waals surface area contributed by atoms with E-state index in [9.17, 15) is 22.0 Å². The van der Waals surface area contributed by atoms with Crippen LogP contribution in [0.1, 0.15) is 44.3 Å². The van der Waals surface area contributed by atoms with Gasteiger partial charge in [-0.2, -0.15) is 0 Å². The standard InChI is InChI=1S/C24H25F5O3/c1-2-3-13-10-31-24(32-11-13)14-4-7-20(30-12-14)17-6-5-16(21(27)22(17)28)15-8-18(25)23(29)19(26)9-15/h5-6,8-9,13-14,20,24H,2-4,7,10-12H2,1H3. The molecule has 2 heterocycles. The molecule has 2 aromatic rings. The van der Waals surface area contributed by atoms with Gasteiger partial charge in [0.1, 0.15) is 0 Å². The first-order valence-electron chi connectivity index (χ1n) is 10.9. The lowest BCUT2D eigenvalue weighted by molar-refractivity contribution is -0.241. The summed E-state index contributed by atoms with van der Waals surface area (Å²) in [7, 11) is 0. The van der Waals surface area contributed by atoms with Gasteiger partial charge in [0, 0.05) is 23.0 Å². The Balaban J connectivity index is 1.43. The summed E-state index contributed by atoms with van der Waals surface area (Å²) < 4.78 is 87.2. The minimum absolute atomic E-state index is 0.00572. The maximum absolute atomic E-state index is 14.8. The second kappa shape index (κ2) is 9.85. The van der Waals surface area contributed by atoms with Crippen LogP contribution in [0.2, 0.25) is 0 Å². The van der Waals surface area contributed by atoms with Crippen molar-refractivity contribution in [2.75, 3.05) is 19.8 Å². The summed E-state index contributed by atoms with van der Waals surface area (Å²) in [5.41, 5.74) is -0.619. The minimum atomic E-state index is -1.66. The van der Waals surface area contributed by atoms with E-state index in [0.717, 1.165) is 12.8 Å². The Bertz CT molecular complexity index is 928. The van der Waals surface area contributed by atoms with Crippen LogP contribution in [-0.2, 0) is 14.2 Å². The van der Waals surface area contributed by atoms with Crippen molar-refractivity contribution < 1.29 is 36.2 Å². The van der Waals surface area contributed by atoms with Crippen LogP contribution >= 0.6 is 0 Å². The van der Waals surface area contributed by atoms with E-state index in [4.69, 9.17) is 14.2 Å². The summed E-state index contributed by atoms with van der Waals surface area (Å²) in [6.07, 6.45) is 2.20. The fraction of sp³-hybridized carbons (Fsp3) is 0.500. The van der Waals surface area contributed by atoms with Crippen LogP contribution < -0.4 is 0 Å². The zero-order valence-electron chi connectivity index (χ0n) is 17.7. The summed E-state index contributed by atoms with van der Waals surface area (Å²) in [6.45, 7) is 3.69. The lowest BCUT2D eigenvalue weighted by Crippen LogP contribution is -2.40. The average molecular weight is 456 g/mol. The van der Waals surface area contributed by atoms with Gasteiger partial charge < -0.3 is 14.2 Å². The highest BCUT2D eigenvalue weighted by atomic mass is 19.2. The molecule has 3 nitrogen and oxygen atoms in total. The van der Waals surface area contributed by atoms with Gasteiger partial charge in [-0.25, -0.2) is 22.0 Å². The number of hydrogen-bond donors (Lipinski definition) is 0. The Morgan fingerprint density at radius 2 is 1.50 bits per heavy atom. The quantitative estimate of drug-likeness (QED) is 0.390. The maximum Gasteiger partial charge on any atom is 0.194 e. The molecule has 2 aromatic carbocycles. The second-order valence-corrected chi connectivity index (χ2v) is 8.43. The van der Waals surface area contributed by atoms with E-state index in [0.29, 0.717) is 44.1 Å². The molecule has 0 spiro atoms. The van der Waals surface area contributed by atoms with Gasteiger partial charge in [0.25, 0.3) is 0 Å². The smallest absolute Gasteiger partial charge is 0.194 e. The molecule has 4 rings (SSSR count). The van der Waals surface area contributed by atoms with E-state index < -0.39 is 35.2 Å². The van der Waals surface area contributed by atoms with Crippen LogP contribution in [0.25, 0.3) is 11.1 Å². The Hall–Kier alpha value is -2.03. The van der Waals surface area contributed by atoms with Gasteiger partial charge in [-0.3, -0.25) is 0 Å². The highest BCUT2D eigenvalue weighted by Crippen LogP contribution is 2.38. The van der Waals surface area contributed by atoms with E-state index in [1.807, 2.05) is 0 Å². The van der Waals surface area contributed by atoms with Crippen LogP contribution in [0.4, 0.5) is 22.0 Å². The lowest BCUT2D eigenvalue weighted by atomic mass is 9.92. The molecule has 2 aliphatic rings. The van der Waals surface area contributed by atoms with Crippen molar-refractivity contribution >= 4 is 0 Å². The molecule has 0 saturated carbocycles. The van der Waals surface area contributed by atoms with E-state index in [1.54, 1.807) is 0 Å². The third kappa shape index (κ3) is 4.67. The first-order chi connectivity index (χ1) is 15.4. The summed E-state index contributed by atoms with van der Waals surface area (Å²) in [4.78, 5) is 0. The second-order valence-electron chi connectivity index (χ2n) is 8.43. The van der Waals surface area contributed by atoms with Gasteiger partial charge in [0.15, 0.2) is 35.4 Å². The van der Waals surface area contributed by atoms with Crippen LogP contribution in [0.5, 0.6) is 0 Å². The van der Waals surface area contributed by atoms with Gasteiger partial charge in [0.05, 0.1) is 25.9 Å². The fourth-order valence-electron chi connectivity index (χ4n) is 4.38. The predicted molar refractivity (Wildman–Crippen MR) is 107 cm³/mol. The SMILES string of the molecule is CCCC1COC(C2CCC(c3ccc(-c4cc(F)c(F)c(F)c4)c(F)c3F)OC2)OC1. The van der Waals surface area contributed by atoms with Crippen molar-refractivity contribution in [2.45, 2.75) is 45.0 Å². The molecule has 0 aliphatic carbocycles. The molecule has 8 heteroatoms. The van der Waals surface area contributed by atoms with Crippen molar-refractivity contribution in [3.05, 3.63) is 58.9 Å². The van der Waals surface area contributed by atoms with Gasteiger partial charge in [-0.1, -0.05) is 25.5 Å². The van der Waals surface area contributed by atoms with E-state index in [-0.39, 0.29) is 35.5 Å². The van der Waals surface area contributed by atoms with Crippen LogP contribution in [-0.4, -0.2) is 26.1 Å². The highest BCUT2D eigenvalue weighted by Gasteiger charge is 2.34. The van der Waals surface area contributed by atoms with Crippen molar-refractivity contribution in [2.24, 2.45) is 11.8 Å². The predicted octanol–water partition coefficient (Wildman–Crippen LogP) is 6.31. The molecule has 2 aliphatic heterocycles. The van der Waals surface area contributed by atoms with Crippen LogP contribution in [0.15, 0.2) is 24.3 Å². The first kappa shape index (κ1) is 23.1. The molecule has 2 atom stereocenters. The molecule has 2 saturated heterocycles. The molecule has 32 heavy (non-hydrogen) atoms. The van der Waals surface area contributed by atoms with Gasteiger partial charge >= 0.3 is 0 Å². The Morgan fingerprint density at radius 3 is 2.09 bits per heavy atom. The van der Waals surface area contributed by atoms with Gasteiger partial charge in [-0.05, 0) is 37.0 Å². The third-order valence-corrected chi connectivity index (χ3v) is 6.14. The molecule has 0 aromatic heterocycles. The van der Waals surface area contributed by atoms with Crippen molar-refractivity contribution in [1.29, 1.82) is 0 Å². The third-order valence-electron chi connectivity index (χ3n) is 6.14. The van der Waals surface area contributed by atoms with E-state index >= 15 is 0 Å². The molecule has 0 N–H and O–H groups in total. The van der Waals surface area contributed by atoms with Gasteiger partial charge in [0.2, 0.25) is 0 Å². The van der Waals surface area contributed by atoms with Crippen molar-refractivity contribution in [3.8, 4) is 11.1 Å². The topological polar surface area (TPSA) is 27.7 Å². The summed E-state index contributed by atoms with van der Waals surface area (Å²) in [5, 5.41) is 0. The van der Waals surface area contributed by atoms with E-state index in [2.05, 4.69) is 6.92 Å². The van der Waals surface area contributed by atoms with Gasteiger partial charge in [-0.15, -0.1) is 0 Å². The van der Waals surface area contributed by atoms with Crippen LogP contribution in [0.3, 0.4) is 0 Å². The normalized spacial score (nSPS) is 26.3. The lowest BCUT2D eigenvalue weighted by Gasteiger charge is -2.37. The Morgan fingerprint density at radius 1 is 0.812 bits per heavy atom. The number of hydrogen-bond acceptors (Lipinski definition) is 3. The molecular formula is C24H25F5O3. The molecule has 174 valence electrons. The molecule has 0 amide bonds. The number of rotatable bonds is 5. The zero-order chi connectivity index (χ0) is 22.8. The maximum atomic E-state index is 14.8. The highest BCUT2D eigenvalue weighted by molar-refractivity contribution is 5.65. The number of benzene rings is 2. The largest absolute Gasteiger partial charge is 0.373 e. The summed E-state index contributed by atoms with van der Waals surface area (Å²) >= 11 is 0. The minimum Gasteiger partial charge on any atom is -0.373 e. The number of halogens is 5. The first-order valence-corrected chi connectivity index (χ1v) is 10.9. The summed E-state index contributed by atoms with van der Waals surface area (Å²) in [5.74, 6) is -6.62. The Labute approximate surface area is 183 Å². The summed E-state index contributed by atoms with van der Waals surface area (Å²) in [6, 6.07) is 3.82. The van der Waals surface area contributed by atoms with Crippen LogP contribution in [0, 0.1) is 40.9 Å². The molecule has 2 unspecified atom stereocenters. The zero-order valence-corrected chi connectivity index (χ0v) is 17.7. The monoisotopic (exact) mass is 456 g/mol. The molecule has 0 bridgehead atoms. The van der Waals surface area contributed by atoms with Crippen molar-refractivity contribution in [1.82, 2.24) is 0 Å². The van der Waals surface area contributed by atoms with Crippen molar-refractivity contribution in [3.63, 3.8) is 0 Å².